The van der Waals surface area contributed by atoms with Crippen molar-refractivity contribution in [3.63, 3.8) is 0 Å². The van der Waals surface area contributed by atoms with Gasteiger partial charge in [-0.2, -0.15) is 0 Å². The van der Waals surface area contributed by atoms with Crippen molar-refractivity contribution in [3.8, 4) is 0 Å². The molecule has 1 aliphatic carbocycles. The minimum absolute atomic E-state index is 0.365. The number of H-pyrrole nitrogens is 1. The van der Waals surface area contributed by atoms with E-state index in [1.807, 2.05) is 6.07 Å². The van der Waals surface area contributed by atoms with E-state index in [9.17, 15) is 0 Å². The lowest BCUT2D eigenvalue weighted by Gasteiger charge is -2.35. The van der Waals surface area contributed by atoms with E-state index < -0.39 is 0 Å². The third kappa shape index (κ3) is 2.51. The van der Waals surface area contributed by atoms with E-state index in [0.29, 0.717) is 11.5 Å². The zero-order chi connectivity index (χ0) is 17.0. The second kappa shape index (κ2) is 5.62. The molecule has 2 heterocycles. The van der Waals surface area contributed by atoms with Crippen LogP contribution in [-0.2, 0) is 11.8 Å². The van der Waals surface area contributed by atoms with Crippen LogP contribution in [-0.4, -0.2) is 23.5 Å². The van der Waals surface area contributed by atoms with Gasteiger partial charge in [-0.1, -0.05) is 41.9 Å². The fraction of sp³-hybridized carbons (Fsp3) is 0.364. The van der Waals surface area contributed by atoms with Gasteiger partial charge in [0.25, 0.3) is 0 Å². The summed E-state index contributed by atoms with van der Waals surface area (Å²) in [5, 5.41) is 2.14. The van der Waals surface area contributed by atoms with Gasteiger partial charge in [-0.05, 0) is 67.5 Å². The Bertz CT molecular complexity index is 924. The second-order valence-corrected chi connectivity index (χ2v) is 8.24. The lowest BCUT2D eigenvalue weighted by Crippen LogP contribution is -2.34. The molecule has 1 N–H and O–H groups in total. The summed E-state index contributed by atoms with van der Waals surface area (Å²) in [7, 11) is 2.27. The van der Waals surface area contributed by atoms with Crippen molar-refractivity contribution in [2.24, 2.45) is 0 Å². The minimum atomic E-state index is 0.365. The highest BCUT2D eigenvalue weighted by molar-refractivity contribution is 6.31. The number of benzene rings is 2. The molecule has 2 nitrogen and oxygen atoms in total. The normalized spacial score (nSPS) is 22.1. The monoisotopic (exact) mass is 350 g/mol. The van der Waals surface area contributed by atoms with Crippen molar-refractivity contribution < 1.29 is 0 Å². The van der Waals surface area contributed by atoms with Crippen LogP contribution >= 0.6 is 11.6 Å². The predicted octanol–water partition coefficient (Wildman–Crippen LogP) is 5.47. The van der Waals surface area contributed by atoms with E-state index in [-0.39, 0.29) is 0 Å². The van der Waals surface area contributed by atoms with Gasteiger partial charge in [-0.15, -0.1) is 0 Å². The molecular weight excluding hydrogens is 328 g/mol. The summed E-state index contributed by atoms with van der Waals surface area (Å²) in [6, 6.07) is 17.8. The van der Waals surface area contributed by atoms with Gasteiger partial charge in [-0.25, -0.2) is 0 Å². The highest BCUT2D eigenvalue weighted by atomic mass is 35.5. The van der Waals surface area contributed by atoms with E-state index in [0.717, 1.165) is 18.0 Å². The van der Waals surface area contributed by atoms with Crippen LogP contribution in [0.1, 0.15) is 42.1 Å². The zero-order valence-corrected chi connectivity index (χ0v) is 15.3. The molecule has 2 aliphatic rings. The van der Waals surface area contributed by atoms with Gasteiger partial charge in [0.2, 0.25) is 0 Å². The Labute approximate surface area is 153 Å². The third-order valence-electron chi connectivity index (χ3n) is 6.30. The molecular formula is C22H23ClN2. The predicted molar refractivity (Wildman–Crippen MR) is 104 cm³/mol. The first-order valence-electron chi connectivity index (χ1n) is 9.22. The molecule has 0 radical (unpaired) electrons. The van der Waals surface area contributed by atoms with Gasteiger partial charge in [0.1, 0.15) is 0 Å². The van der Waals surface area contributed by atoms with Crippen LogP contribution in [0.3, 0.4) is 0 Å². The molecule has 1 aliphatic heterocycles. The lowest BCUT2D eigenvalue weighted by molar-refractivity contribution is 0.202. The Hall–Kier alpha value is -1.77. The largest absolute Gasteiger partial charge is 0.357 e. The van der Waals surface area contributed by atoms with Gasteiger partial charge in [0.05, 0.1) is 6.04 Å². The lowest BCUT2D eigenvalue weighted by atomic mass is 9.85. The van der Waals surface area contributed by atoms with Crippen molar-refractivity contribution in [2.75, 3.05) is 13.6 Å². The molecule has 128 valence electrons. The molecule has 0 amide bonds. The van der Waals surface area contributed by atoms with Crippen molar-refractivity contribution >= 4 is 22.5 Å². The molecule has 1 fully saturated rings. The highest BCUT2D eigenvalue weighted by Crippen LogP contribution is 2.55. The van der Waals surface area contributed by atoms with Crippen LogP contribution < -0.4 is 0 Å². The van der Waals surface area contributed by atoms with Gasteiger partial charge in [-0.3, -0.25) is 4.90 Å². The Balaban J connectivity index is 1.56. The van der Waals surface area contributed by atoms with Crippen LogP contribution in [0.15, 0.2) is 48.5 Å². The number of fused-ring (bicyclic) bond motifs is 3. The van der Waals surface area contributed by atoms with Gasteiger partial charge >= 0.3 is 0 Å². The fourth-order valence-electron chi connectivity index (χ4n) is 4.64. The number of halogens is 1. The first-order valence-corrected chi connectivity index (χ1v) is 9.60. The standard InChI is InChI=1S/C22H23ClN2/c1-25-12-9-17-18-13-16(23)7-8-19(18)24-21(17)20(25)14-22(10-11-22)15-5-3-2-4-6-15/h2-8,13,20,24H,9-12,14H2,1H3. The molecule has 5 rings (SSSR count). The molecule has 1 atom stereocenters. The number of hydrogen-bond donors (Lipinski definition) is 1. The van der Waals surface area contributed by atoms with Gasteiger partial charge in [0.15, 0.2) is 0 Å². The average molecular weight is 351 g/mol. The summed E-state index contributed by atoms with van der Waals surface area (Å²) >= 11 is 6.26. The molecule has 2 aromatic carbocycles. The number of rotatable bonds is 3. The summed E-state index contributed by atoms with van der Waals surface area (Å²) in [6.07, 6.45) is 4.91. The molecule has 0 spiro atoms. The number of aromatic amines is 1. The molecule has 0 bridgehead atoms. The molecule has 3 aromatic rings. The van der Waals surface area contributed by atoms with E-state index in [1.165, 1.54) is 47.0 Å². The first kappa shape index (κ1) is 15.5. The Morgan fingerprint density at radius 1 is 1.16 bits per heavy atom. The second-order valence-electron chi connectivity index (χ2n) is 7.80. The van der Waals surface area contributed by atoms with Crippen molar-refractivity contribution in [3.05, 3.63) is 70.4 Å². The maximum atomic E-state index is 6.26. The number of likely N-dealkylation sites (N-methyl/N-ethyl adjacent to an activating group) is 1. The number of aromatic nitrogens is 1. The van der Waals surface area contributed by atoms with Crippen LogP contribution in [0.2, 0.25) is 5.02 Å². The smallest absolute Gasteiger partial charge is 0.0507 e. The van der Waals surface area contributed by atoms with Gasteiger partial charge in [0, 0.05) is 28.2 Å². The molecule has 3 heteroatoms. The fourth-order valence-corrected chi connectivity index (χ4v) is 4.81. The Morgan fingerprint density at radius 2 is 1.96 bits per heavy atom. The topological polar surface area (TPSA) is 19.0 Å². The summed E-state index contributed by atoms with van der Waals surface area (Å²) < 4.78 is 0. The van der Waals surface area contributed by atoms with E-state index >= 15 is 0 Å². The van der Waals surface area contributed by atoms with E-state index in [1.54, 1.807) is 0 Å². The van der Waals surface area contributed by atoms with Crippen LogP contribution in [0.4, 0.5) is 0 Å². The summed E-state index contributed by atoms with van der Waals surface area (Å²) in [6.45, 7) is 1.11. The van der Waals surface area contributed by atoms with E-state index in [2.05, 4.69) is 59.4 Å². The molecule has 1 aromatic heterocycles. The maximum Gasteiger partial charge on any atom is 0.0507 e. The number of hydrogen-bond acceptors (Lipinski definition) is 1. The van der Waals surface area contributed by atoms with E-state index in [4.69, 9.17) is 11.6 Å². The van der Waals surface area contributed by atoms with Gasteiger partial charge < -0.3 is 4.98 Å². The summed E-state index contributed by atoms with van der Waals surface area (Å²) in [4.78, 5) is 6.26. The maximum absolute atomic E-state index is 6.26. The summed E-state index contributed by atoms with van der Waals surface area (Å²) in [5.74, 6) is 0. The SMILES string of the molecule is CN1CCc2c([nH]c3ccc(Cl)cc23)C1CC1(c2ccccc2)CC1. The first-order chi connectivity index (χ1) is 12.2. The molecule has 1 unspecified atom stereocenters. The number of nitrogens with zero attached hydrogens (tertiary/aromatic N) is 1. The molecule has 1 saturated carbocycles. The summed E-state index contributed by atoms with van der Waals surface area (Å²) in [5.41, 5.74) is 5.98. The minimum Gasteiger partial charge on any atom is -0.357 e. The Morgan fingerprint density at radius 3 is 2.72 bits per heavy atom. The molecule has 25 heavy (non-hydrogen) atoms. The molecule has 0 saturated heterocycles. The highest BCUT2D eigenvalue weighted by Gasteiger charge is 2.47. The number of nitrogens with one attached hydrogen (secondary N) is 1. The zero-order valence-electron chi connectivity index (χ0n) is 14.6. The third-order valence-corrected chi connectivity index (χ3v) is 6.54. The van der Waals surface area contributed by atoms with Crippen LogP contribution in [0.25, 0.3) is 10.9 Å². The van der Waals surface area contributed by atoms with Crippen molar-refractivity contribution in [1.29, 1.82) is 0 Å². The average Bonchev–Trinajstić information content (AvgIpc) is 3.33. The van der Waals surface area contributed by atoms with Crippen molar-refractivity contribution in [1.82, 2.24) is 9.88 Å². The Kier molecular flexibility index (Phi) is 3.48. The van der Waals surface area contributed by atoms with Crippen molar-refractivity contribution in [2.45, 2.75) is 37.1 Å². The quantitative estimate of drug-likeness (QED) is 0.663. The van der Waals surface area contributed by atoms with Crippen LogP contribution in [0.5, 0.6) is 0 Å². The van der Waals surface area contributed by atoms with Crippen LogP contribution in [0, 0.1) is 0 Å².